The molecule has 2 aliphatic heterocycles. The first-order valence-corrected chi connectivity index (χ1v) is 9.94. The lowest BCUT2D eigenvalue weighted by Gasteiger charge is -2.26. The van der Waals surface area contributed by atoms with Crippen LogP contribution in [0.25, 0.3) is 0 Å². The maximum Gasteiger partial charge on any atom is 0.244 e. The van der Waals surface area contributed by atoms with E-state index in [1.54, 1.807) is 6.20 Å². The number of nitrogens with zero attached hydrogens (tertiary/aromatic N) is 6. The van der Waals surface area contributed by atoms with Gasteiger partial charge in [-0.05, 0) is 19.3 Å². The van der Waals surface area contributed by atoms with Crippen molar-refractivity contribution < 1.29 is 13.9 Å². The SMILES string of the molecule is O=C(Cn1cc(CNc2nc(C3CNCCO3)ncc2F)nn1)N1CCCCC1. The summed E-state index contributed by atoms with van der Waals surface area (Å²) < 4.78 is 21.2. The first kappa shape index (κ1) is 19.6. The van der Waals surface area contributed by atoms with E-state index >= 15 is 0 Å². The van der Waals surface area contributed by atoms with E-state index in [-0.39, 0.29) is 30.9 Å². The predicted octanol–water partition coefficient (Wildman–Crippen LogP) is 0.493. The zero-order valence-electron chi connectivity index (χ0n) is 16.2. The molecule has 4 rings (SSSR count). The zero-order valence-corrected chi connectivity index (χ0v) is 16.2. The number of amides is 1. The number of morpholine rings is 1. The maximum absolute atomic E-state index is 14.1. The molecule has 2 fully saturated rings. The van der Waals surface area contributed by atoms with E-state index in [1.807, 2.05) is 4.90 Å². The lowest BCUT2D eigenvalue weighted by molar-refractivity contribution is -0.132. The number of ether oxygens (including phenoxy) is 1. The Kier molecular flexibility index (Phi) is 6.25. The Morgan fingerprint density at radius 2 is 2.21 bits per heavy atom. The molecule has 11 heteroatoms. The average molecular weight is 404 g/mol. The smallest absolute Gasteiger partial charge is 0.244 e. The number of aromatic nitrogens is 5. The second-order valence-electron chi connectivity index (χ2n) is 7.19. The van der Waals surface area contributed by atoms with Gasteiger partial charge in [0.15, 0.2) is 17.5 Å². The van der Waals surface area contributed by atoms with Crippen molar-refractivity contribution in [3.63, 3.8) is 0 Å². The third kappa shape index (κ3) is 5.04. The largest absolute Gasteiger partial charge is 0.368 e. The number of anilines is 1. The second-order valence-corrected chi connectivity index (χ2v) is 7.19. The number of hydrogen-bond donors (Lipinski definition) is 2. The molecule has 29 heavy (non-hydrogen) atoms. The molecule has 2 aliphatic rings. The Morgan fingerprint density at radius 3 is 3.00 bits per heavy atom. The van der Waals surface area contributed by atoms with E-state index in [1.165, 1.54) is 11.1 Å². The first-order valence-electron chi connectivity index (χ1n) is 9.94. The number of carbonyl (C=O) groups is 1. The number of likely N-dealkylation sites (tertiary alicyclic amines) is 1. The lowest BCUT2D eigenvalue weighted by atomic mass is 10.1. The van der Waals surface area contributed by atoms with E-state index in [0.717, 1.165) is 38.7 Å². The minimum atomic E-state index is -0.551. The number of piperidine rings is 1. The molecule has 156 valence electrons. The second kappa shape index (κ2) is 9.23. The first-order chi connectivity index (χ1) is 14.2. The van der Waals surface area contributed by atoms with Crippen LogP contribution in [-0.2, 0) is 22.6 Å². The summed E-state index contributed by atoms with van der Waals surface area (Å²) in [5.74, 6) is 0.00636. The van der Waals surface area contributed by atoms with Gasteiger partial charge in [0.25, 0.3) is 0 Å². The van der Waals surface area contributed by atoms with Crippen molar-refractivity contribution in [1.29, 1.82) is 0 Å². The standard InChI is InChI=1S/C18H25FN8O2/c19-14-9-22-18(15-10-20-4-7-29-15)23-17(14)21-8-13-11-27(25-24-13)12-16(28)26-5-2-1-3-6-26/h9,11,15,20H,1-8,10,12H2,(H,21,22,23). The number of carbonyl (C=O) groups excluding carboxylic acids is 1. The number of hydrogen-bond acceptors (Lipinski definition) is 8. The molecule has 0 aliphatic carbocycles. The van der Waals surface area contributed by atoms with Crippen molar-refractivity contribution in [2.45, 2.75) is 38.5 Å². The molecular formula is C18H25FN8O2. The Hall–Kier alpha value is -2.66. The summed E-state index contributed by atoms with van der Waals surface area (Å²) in [6, 6.07) is 0. The lowest BCUT2D eigenvalue weighted by Crippen LogP contribution is -2.37. The molecule has 1 unspecified atom stereocenters. The van der Waals surface area contributed by atoms with Gasteiger partial charge in [-0.2, -0.15) is 0 Å². The van der Waals surface area contributed by atoms with Crippen LogP contribution in [0.5, 0.6) is 0 Å². The molecule has 2 N–H and O–H groups in total. The van der Waals surface area contributed by atoms with Gasteiger partial charge in [0.1, 0.15) is 18.3 Å². The van der Waals surface area contributed by atoms with Gasteiger partial charge < -0.3 is 20.3 Å². The average Bonchev–Trinajstić information content (AvgIpc) is 3.21. The highest BCUT2D eigenvalue weighted by Gasteiger charge is 2.20. The molecule has 1 atom stereocenters. The quantitative estimate of drug-likeness (QED) is 0.716. The monoisotopic (exact) mass is 404 g/mol. The van der Waals surface area contributed by atoms with Crippen LogP contribution in [0.1, 0.15) is 36.9 Å². The van der Waals surface area contributed by atoms with E-state index in [4.69, 9.17) is 4.74 Å². The molecule has 1 amide bonds. The molecule has 0 bridgehead atoms. The van der Waals surface area contributed by atoms with Gasteiger partial charge in [0.2, 0.25) is 5.91 Å². The summed E-state index contributed by atoms with van der Waals surface area (Å²) >= 11 is 0. The third-order valence-corrected chi connectivity index (χ3v) is 5.01. The minimum Gasteiger partial charge on any atom is -0.368 e. The molecular weight excluding hydrogens is 379 g/mol. The topological polar surface area (TPSA) is 110 Å². The Balaban J connectivity index is 1.34. The number of halogens is 1. The van der Waals surface area contributed by atoms with Gasteiger partial charge in [-0.25, -0.2) is 19.0 Å². The van der Waals surface area contributed by atoms with Crippen LogP contribution < -0.4 is 10.6 Å². The number of rotatable bonds is 6. The van der Waals surface area contributed by atoms with Crippen molar-refractivity contribution in [2.75, 3.05) is 38.1 Å². The van der Waals surface area contributed by atoms with E-state index in [9.17, 15) is 9.18 Å². The van der Waals surface area contributed by atoms with Crippen LogP contribution in [-0.4, -0.2) is 68.6 Å². The molecule has 0 radical (unpaired) electrons. The highest BCUT2D eigenvalue weighted by atomic mass is 19.1. The van der Waals surface area contributed by atoms with Gasteiger partial charge in [0.05, 0.1) is 25.5 Å². The summed E-state index contributed by atoms with van der Waals surface area (Å²) in [5.41, 5.74) is 0.589. The fourth-order valence-corrected chi connectivity index (χ4v) is 3.44. The van der Waals surface area contributed by atoms with Crippen molar-refractivity contribution in [3.8, 4) is 0 Å². The zero-order chi connectivity index (χ0) is 20.1. The minimum absolute atomic E-state index is 0.0432. The molecule has 4 heterocycles. The summed E-state index contributed by atoms with van der Waals surface area (Å²) in [6.45, 7) is 3.92. The van der Waals surface area contributed by atoms with Crippen LogP contribution in [0.3, 0.4) is 0 Å². The summed E-state index contributed by atoms with van der Waals surface area (Å²) in [5, 5.41) is 14.2. The van der Waals surface area contributed by atoms with Crippen LogP contribution in [0.2, 0.25) is 0 Å². The van der Waals surface area contributed by atoms with Crippen LogP contribution in [0.15, 0.2) is 12.4 Å². The fourth-order valence-electron chi connectivity index (χ4n) is 3.44. The van der Waals surface area contributed by atoms with Gasteiger partial charge in [-0.3, -0.25) is 4.79 Å². The highest BCUT2D eigenvalue weighted by Crippen LogP contribution is 2.18. The Labute approximate surface area is 167 Å². The Morgan fingerprint density at radius 1 is 1.34 bits per heavy atom. The molecule has 10 nitrogen and oxygen atoms in total. The maximum atomic E-state index is 14.1. The van der Waals surface area contributed by atoms with Crippen LogP contribution in [0, 0.1) is 5.82 Å². The normalized spacial score (nSPS) is 19.9. The van der Waals surface area contributed by atoms with Gasteiger partial charge in [-0.15, -0.1) is 5.10 Å². The van der Waals surface area contributed by atoms with Crippen molar-refractivity contribution in [2.24, 2.45) is 0 Å². The fraction of sp³-hybridized carbons (Fsp3) is 0.611. The molecule has 2 aromatic rings. The molecule has 0 saturated carbocycles. The van der Waals surface area contributed by atoms with E-state index in [0.29, 0.717) is 24.7 Å². The third-order valence-electron chi connectivity index (χ3n) is 5.01. The highest BCUT2D eigenvalue weighted by molar-refractivity contribution is 5.75. The van der Waals surface area contributed by atoms with E-state index < -0.39 is 5.82 Å². The molecule has 0 aromatic carbocycles. The van der Waals surface area contributed by atoms with Crippen LogP contribution in [0.4, 0.5) is 10.2 Å². The molecule has 2 aromatic heterocycles. The summed E-state index contributed by atoms with van der Waals surface area (Å²) in [4.78, 5) is 22.5. The Bertz CT molecular complexity index is 833. The van der Waals surface area contributed by atoms with Crippen molar-refractivity contribution >= 4 is 11.7 Å². The molecule has 2 saturated heterocycles. The van der Waals surface area contributed by atoms with Gasteiger partial charge >= 0.3 is 0 Å². The summed E-state index contributed by atoms with van der Waals surface area (Å²) in [7, 11) is 0. The van der Waals surface area contributed by atoms with Crippen molar-refractivity contribution in [1.82, 2.24) is 35.2 Å². The molecule has 0 spiro atoms. The van der Waals surface area contributed by atoms with Crippen LogP contribution >= 0.6 is 0 Å². The van der Waals surface area contributed by atoms with E-state index in [2.05, 4.69) is 30.9 Å². The van der Waals surface area contributed by atoms with Gasteiger partial charge in [-0.1, -0.05) is 5.21 Å². The predicted molar refractivity (Wildman–Crippen MR) is 101 cm³/mol. The summed E-state index contributed by atoms with van der Waals surface area (Å²) in [6.07, 6.45) is 5.79. The number of nitrogens with one attached hydrogen (secondary N) is 2. The van der Waals surface area contributed by atoms with Gasteiger partial charge in [0, 0.05) is 26.2 Å². The van der Waals surface area contributed by atoms with Crippen molar-refractivity contribution in [3.05, 3.63) is 29.7 Å².